The Morgan fingerprint density at radius 1 is 1.44 bits per heavy atom. The summed E-state index contributed by atoms with van der Waals surface area (Å²) in [5.74, 6) is 0.0366. The van der Waals surface area contributed by atoms with Gasteiger partial charge < -0.3 is 15.4 Å². The van der Waals surface area contributed by atoms with E-state index in [1.54, 1.807) is 7.11 Å². The Morgan fingerprint density at radius 2 is 2.22 bits per heavy atom. The lowest BCUT2D eigenvalue weighted by atomic mass is 9.96. The molecular weight excluding hydrogens is 230 g/mol. The molecule has 1 amide bonds. The first-order chi connectivity index (χ1) is 8.63. The van der Waals surface area contributed by atoms with E-state index in [0.717, 1.165) is 13.1 Å². The molecule has 2 aliphatic rings. The minimum Gasteiger partial charge on any atom is -0.383 e. The van der Waals surface area contributed by atoms with Gasteiger partial charge >= 0.3 is 0 Å². The number of amides is 1. The van der Waals surface area contributed by atoms with E-state index in [1.807, 2.05) is 4.90 Å². The summed E-state index contributed by atoms with van der Waals surface area (Å²) in [5.41, 5.74) is 5.86. The number of carbonyl (C=O) groups is 1. The highest BCUT2D eigenvalue weighted by Gasteiger charge is 2.36. The van der Waals surface area contributed by atoms with E-state index in [4.69, 9.17) is 10.5 Å². The van der Waals surface area contributed by atoms with E-state index in [9.17, 15) is 4.79 Å². The average molecular weight is 255 g/mol. The number of rotatable bonds is 3. The second-order valence-corrected chi connectivity index (χ2v) is 5.55. The molecule has 2 rings (SSSR count). The normalized spacial score (nSPS) is 30.9. The van der Waals surface area contributed by atoms with Gasteiger partial charge in [-0.1, -0.05) is 6.42 Å². The number of carbonyl (C=O) groups excluding carboxylic acids is 1. The van der Waals surface area contributed by atoms with Gasteiger partial charge in [0.05, 0.1) is 6.61 Å². The van der Waals surface area contributed by atoms with Crippen LogP contribution in [0.1, 0.15) is 26.2 Å². The van der Waals surface area contributed by atoms with E-state index in [2.05, 4.69) is 11.8 Å². The van der Waals surface area contributed by atoms with Crippen LogP contribution >= 0.6 is 0 Å². The van der Waals surface area contributed by atoms with Gasteiger partial charge in [0.15, 0.2) is 0 Å². The predicted molar refractivity (Wildman–Crippen MR) is 70.2 cm³/mol. The zero-order valence-electron chi connectivity index (χ0n) is 11.5. The molecule has 0 saturated carbocycles. The summed E-state index contributed by atoms with van der Waals surface area (Å²) in [5, 5.41) is 0. The highest BCUT2D eigenvalue weighted by molar-refractivity contribution is 5.82. The van der Waals surface area contributed by atoms with Crippen LogP contribution in [0.15, 0.2) is 0 Å². The summed E-state index contributed by atoms with van der Waals surface area (Å²) in [4.78, 5) is 16.8. The molecule has 0 radical (unpaired) electrons. The van der Waals surface area contributed by atoms with Crippen LogP contribution in [-0.4, -0.2) is 67.2 Å². The Morgan fingerprint density at radius 3 is 2.94 bits per heavy atom. The van der Waals surface area contributed by atoms with Gasteiger partial charge in [0.2, 0.25) is 5.91 Å². The zero-order chi connectivity index (χ0) is 13.1. The molecule has 104 valence electrons. The number of piperidine rings is 1. The van der Waals surface area contributed by atoms with Crippen molar-refractivity contribution in [3.8, 4) is 0 Å². The number of fused-ring (bicyclic) bond motifs is 1. The summed E-state index contributed by atoms with van der Waals surface area (Å²) in [6.45, 7) is 5.41. The maximum atomic E-state index is 12.3. The van der Waals surface area contributed by atoms with Crippen molar-refractivity contribution in [2.75, 3.05) is 33.4 Å². The zero-order valence-corrected chi connectivity index (χ0v) is 11.5. The Kier molecular flexibility index (Phi) is 4.59. The average Bonchev–Trinajstić information content (AvgIpc) is 2.37. The third-order valence-corrected chi connectivity index (χ3v) is 4.13. The van der Waals surface area contributed by atoms with Gasteiger partial charge in [-0.3, -0.25) is 9.69 Å². The minimum absolute atomic E-state index is 0.0366. The minimum atomic E-state index is -0.521. The molecule has 0 bridgehead atoms. The molecule has 3 unspecified atom stereocenters. The molecule has 2 heterocycles. The molecule has 5 heteroatoms. The number of ether oxygens (including phenoxy) is 1. The quantitative estimate of drug-likeness (QED) is 0.774. The maximum absolute atomic E-state index is 12.3. The number of piperazine rings is 1. The fourth-order valence-corrected chi connectivity index (χ4v) is 3.12. The number of nitrogens with two attached hydrogens (primary N) is 1. The Bertz CT molecular complexity index is 298. The van der Waals surface area contributed by atoms with Crippen molar-refractivity contribution < 1.29 is 9.53 Å². The molecule has 0 aromatic carbocycles. The molecule has 2 fully saturated rings. The summed E-state index contributed by atoms with van der Waals surface area (Å²) in [6.07, 6.45) is 3.78. The Hall–Kier alpha value is -0.650. The monoisotopic (exact) mass is 255 g/mol. The van der Waals surface area contributed by atoms with Gasteiger partial charge in [0.25, 0.3) is 0 Å². The molecule has 2 aliphatic heterocycles. The topological polar surface area (TPSA) is 58.8 Å². The van der Waals surface area contributed by atoms with Crippen molar-refractivity contribution >= 4 is 5.91 Å². The molecule has 2 saturated heterocycles. The van der Waals surface area contributed by atoms with E-state index in [1.165, 1.54) is 25.8 Å². The van der Waals surface area contributed by atoms with Crippen molar-refractivity contribution in [2.45, 2.75) is 44.3 Å². The van der Waals surface area contributed by atoms with E-state index in [-0.39, 0.29) is 11.9 Å². The first-order valence-electron chi connectivity index (χ1n) is 6.92. The van der Waals surface area contributed by atoms with E-state index >= 15 is 0 Å². The molecule has 2 N–H and O–H groups in total. The smallest absolute Gasteiger partial charge is 0.242 e. The number of nitrogens with zero attached hydrogens (tertiary/aromatic N) is 2. The van der Waals surface area contributed by atoms with Crippen LogP contribution < -0.4 is 5.73 Å². The fourth-order valence-electron chi connectivity index (χ4n) is 3.12. The van der Waals surface area contributed by atoms with Gasteiger partial charge in [0.1, 0.15) is 6.04 Å². The Labute approximate surface area is 109 Å². The lowest BCUT2D eigenvalue weighted by molar-refractivity contribution is -0.140. The van der Waals surface area contributed by atoms with Crippen LogP contribution in [0.4, 0.5) is 0 Å². The van der Waals surface area contributed by atoms with Gasteiger partial charge in [-0.05, 0) is 26.3 Å². The van der Waals surface area contributed by atoms with Crippen LogP contribution in [0.3, 0.4) is 0 Å². The summed E-state index contributed by atoms with van der Waals surface area (Å²) in [6, 6.07) is 0.274. The van der Waals surface area contributed by atoms with Crippen LogP contribution in [0.25, 0.3) is 0 Å². The first-order valence-corrected chi connectivity index (χ1v) is 6.92. The van der Waals surface area contributed by atoms with Crippen LogP contribution in [0.2, 0.25) is 0 Å². The fraction of sp³-hybridized carbons (Fsp3) is 0.923. The standard InChI is InChI=1S/C13H25N3O2/c1-10-7-15-6-4-3-5-11(15)8-16(10)13(17)12(14)9-18-2/h10-12H,3-9,14H2,1-2H3. The Balaban J connectivity index is 1.98. The molecular formula is C13H25N3O2. The van der Waals surface area contributed by atoms with Crippen LogP contribution in [0, 0.1) is 0 Å². The number of hydrogen-bond donors (Lipinski definition) is 1. The van der Waals surface area contributed by atoms with Crippen LogP contribution in [-0.2, 0) is 9.53 Å². The van der Waals surface area contributed by atoms with Crippen molar-refractivity contribution in [1.82, 2.24) is 9.80 Å². The van der Waals surface area contributed by atoms with Crippen molar-refractivity contribution in [3.05, 3.63) is 0 Å². The van der Waals surface area contributed by atoms with Crippen LogP contribution in [0.5, 0.6) is 0 Å². The molecule has 5 nitrogen and oxygen atoms in total. The summed E-state index contributed by atoms with van der Waals surface area (Å²) >= 11 is 0. The molecule has 3 atom stereocenters. The summed E-state index contributed by atoms with van der Waals surface area (Å²) in [7, 11) is 1.58. The SMILES string of the molecule is COCC(N)C(=O)N1CC2CCCCN2CC1C. The number of hydrogen-bond acceptors (Lipinski definition) is 4. The van der Waals surface area contributed by atoms with Gasteiger partial charge in [-0.2, -0.15) is 0 Å². The molecule has 0 spiro atoms. The molecule has 0 aliphatic carbocycles. The van der Waals surface area contributed by atoms with Crippen molar-refractivity contribution in [2.24, 2.45) is 5.73 Å². The van der Waals surface area contributed by atoms with Crippen molar-refractivity contribution in [1.29, 1.82) is 0 Å². The number of methoxy groups -OCH3 is 1. The van der Waals surface area contributed by atoms with E-state index in [0.29, 0.717) is 12.6 Å². The molecule has 18 heavy (non-hydrogen) atoms. The van der Waals surface area contributed by atoms with Gasteiger partial charge in [-0.25, -0.2) is 0 Å². The maximum Gasteiger partial charge on any atom is 0.242 e. The van der Waals surface area contributed by atoms with E-state index < -0.39 is 6.04 Å². The predicted octanol–water partition coefficient (Wildman–Crippen LogP) is 0.0453. The molecule has 0 aromatic heterocycles. The highest BCUT2D eigenvalue weighted by Crippen LogP contribution is 2.24. The lowest BCUT2D eigenvalue weighted by Gasteiger charge is -2.48. The third kappa shape index (κ3) is 2.84. The third-order valence-electron chi connectivity index (χ3n) is 4.13. The first kappa shape index (κ1) is 13.8. The summed E-state index contributed by atoms with van der Waals surface area (Å²) < 4.78 is 4.97. The van der Waals surface area contributed by atoms with Gasteiger partial charge in [-0.15, -0.1) is 0 Å². The second kappa shape index (κ2) is 5.99. The second-order valence-electron chi connectivity index (χ2n) is 5.55. The highest BCUT2D eigenvalue weighted by atomic mass is 16.5. The lowest BCUT2D eigenvalue weighted by Crippen LogP contribution is -2.62. The van der Waals surface area contributed by atoms with Crippen molar-refractivity contribution in [3.63, 3.8) is 0 Å². The largest absolute Gasteiger partial charge is 0.383 e. The van der Waals surface area contributed by atoms with Gasteiger partial charge in [0, 0.05) is 32.3 Å². The molecule has 0 aromatic rings.